The fraction of sp³-hybridized carbons (Fsp3) is 0.316. The van der Waals surface area contributed by atoms with E-state index in [1.165, 1.54) is 17.3 Å². The first-order valence-corrected chi connectivity index (χ1v) is 8.89. The van der Waals surface area contributed by atoms with E-state index < -0.39 is 6.10 Å². The lowest BCUT2D eigenvalue weighted by Gasteiger charge is -2.15. The molecule has 0 saturated carbocycles. The molecule has 0 heterocycles. The molecule has 0 aromatic heterocycles. The Morgan fingerprint density at radius 2 is 1.91 bits per heavy atom. The number of carbonyl (C=O) groups excluding carboxylic acids is 1. The molecule has 0 aliphatic rings. The Balaban J connectivity index is 1.85. The maximum absolute atomic E-state index is 12.2. The number of aryl methyl sites for hydroxylation is 1. The van der Waals surface area contributed by atoms with Gasteiger partial charge < -0.3 is 10.4 Å². The summed E-state index contributed by atoms with van der Waals surface area (Å²) in [4.78, 5) is 12.2. The van der Waals surface area contributed by atoms with Crippen LogP contribution in [0.3, 0.4) is 0 Å². The number of rotatable bonds is 7. The van der Waals surface area contributed by atoms with E-state index >= 15 is 0 Å². The summed E-state index contributed by atoms with van der Waals surface area (Å²) in [7, 11) is 0. The number of hydrogen-bond donors (Lipinski definition) is 2. The average molecular weight is 329 g/mol. The third-order valence-corrected chi connectivity index (χ3v) is 4.88. The lowest BCUT2D eigenvalue weighted by atomic mass is 10.1. The Morgan fingerprint density at radius 3 is 2.61 bits per heavy atom. The molecule has 2 rings (SSSR count). The van der Waals surface area contributed by atoms with Crippen LogP contribution in [0.4, 0.5) is 5.69 Å². The van der Waals surface area contributed by atoms with E-state index in [2.05, 4.69) is 12.2 Å². The van der Waals surface area contributed by atoms with Gasteiger partial charge in [-0.1, -0.05) is 49.4 Å². The van der Waals surface area contributed by atoms with E-state index in [0.29, 0.717) is 5.75 Å². The van der Waals surface area contributed by atoms with Crippen molar-refractivity contribution in [2.45, 2.75) is 31.6 Å². The van der Waals surface area contributed by atoms with Gasteiger partial charge in [-0.25, -0.2) is 0 Å². The summed E-state index contributed by atoms with van der Waals surface area (Å²) in [5, 5.41) is 12.9. The fourth-order valence-corrected chi connectivity index (χ4v) is 3.07. The van der Waals surface area contributed by atoms with Crippen molar-refractivity contribution in [3.63, 3.8) is 0 Å². The molecule has 3 nitrogen and oxygen atoms in total. The summed E-state index contributed by atoms with van der Waals surface area (Å²) in [5.41, 5.74) is 2.90. The summed E-state index contributed by atoms with van der Waals surface area (Å²) >= 11 is 1.45. The zero-order chi connectivity index (χ0) is 16.7. The largest absolute Gasteiger partial charge is 0.388 e. The SMILES string of the molecule is CCc1cccc(NC(=O)C(C)SCC(O)c2ccccc2)c1. The van der Waals surface area contributed by atoms with Crippen molar-refractivity contribution >= 4 is 23.4 Å². The molecule has 2 N–H and O–H groups in total. The number of anilines is 1. The molecule has 0 radical (unpaired) electrons. The third-order valence-electron chi connectivity index (χ3n) is 3.66. The van der Waals surface area contributed by atoms with Crippen molar-refractivity contribution in [2.75, 3.05) is 11.1 Å². The predicted molar refractivity (Wildman–Crippen MR) is 97.8 cm³/mol. The molecule has 2 aromatic carbocycles. The highest BCUT2D eigenvalue weighted by Crippen LogP contribution is 2.22. The second-order valence-corrected chi connectivity index (χ2v) is 6.82. The van der Waals surface area contributed by atoms with Gasteiger partial charge >= 0.3 is 0 Å². The zero-order valence-corrected chi connectivity index (χ0v) is 14.3. The van der Waals surface area contributed by atoms with Crippen molar-refractivity contribution in [1.82, 2.24) is 0 Å². The number of thioether (sulfide) groups is 1. The molecule has 2 atom stereocenters. The van der Waals surface area contributed by atoms with E-state index in [4.69, 9.17) is 0 Å². The fourth-order valence-electron chi connectivity index (χ4n) is 2.20. The number of nitrogens with one attached hydrogen (secondary N) is 1. The van der Waals surface area contributed by atoms with Gasteiger partial charge in [0.15, 0.2) is 0 Å². The molecule has 0 bridgehead atoms. The molecule has 0 aliphatic heterocycles. The van der Waals surface area contributed by atoms with Crippen molar-refractivity contribution in [1.29, 1.82) is 0 Å². The monoisotopic (exact) mass is 329 g/mol. The quantitative estimate of drug-likeness (QED) is 0.806. The van der Waals surface area contributed by atoms with Crippen LogP contribution in [0.15, 0.2) is 54.6 Å². The molecule has 0 saturated heterocycles. The normalized spacial score (nSPS) is 13.3. The lowest BCUT2D eigenvalue weighted by molar-refractivity contribution is -0.115. The first kappa shape index (κ1) is 17.6. The van der Waals surface area contributed by atoms with Gasteiger partial charge in [-0.05, 0) is 36.6 Å². The van der Waals surface area contributed by atoms with Crippen molar-refractivity contribution < 1.29 is 9.90 Å². The smallest absolute Gasteiger partial charge is 0.237 e. The number of benzene rings is 2. The first-order valence-electron chi connectivity index (χ1n) is 7.84. The molecular weight excluding hydrogens is 306 g/mol. The van der Waals surface area contributed by atoms with Gasteiger partial charge in [-0.15, -0.1) is 11.8 Å². The second-order valence-electron chi connectivity index (χ2n) is 5.45. The molecule has 122 valence electrons. The van der Waals surface area contributed by atoms with E-state index in [1.54, 1.807) is 0 Å². The van der Waals surface area contributed by atoms with Gasteiger partial charge in [0.2, 0.25) is 5.91 Å². The number of amides is 1. The summed E-state index contributed by atoms with van der Waals surface area (Å²) in [5.74, 6) is 0.455. The Labute approximate surface area is 142 Å². The predicted octanol–water partition coefficient (Wildman–Crippen LogP) is 4.04. The molecule has 1 amide bonds. The molecule has 0 aliphatic carbocycles. The van der Waals surface area contributed by atoms with Crippen LogP contribution >= 0.6 is 11.8 Å². The second kappa shape index (κ2) is 8.75. The van der Waals surface area contributed by atoms with Crippen LogP contribution in [0.25, 0.3) is 0 Å². The van der Waals surface area contributed by atoms with Crippen LogP contribution in [-0.2, 0) is 11.2 Å². The average Bonchev–Trinajstić information content (AvgIpc) is 2.60. The van der Waals surface area contributed by atoms with Crippen molar-refractivity contribution in [2.24, 2.45) is 0 Å². The number of aliphatic hydroxyl groups is 1. The van der Waals surface area contributed by atoms with Crippen LogP contribution in [-0.4, -0.2) is 22.0 Å². The molecule has 23 heavy (non-hydrogen) atoms. The minimum atomic E-state index is -0.556. The van der Waals surface area contributed by atoms with Gasteiger partial charge in [0.1, 0.15) is 0 Å². The van der Waals surface area contributed by atoms with Crippen LogP contribution < -0.4 is 5.32 Å². The van der Waals surface area contributed by atoms with Crippen LogP contribution in [0, 0.1) is 0 Å². The van der Waals surface area contributed by atoms with Gasteiger partial charge in [0.05, 0.1) is 11.4 Å². The standard InChI is InChI=1S/C19H23NO2S/c1-3-15-8-7-11-17(12-15)20-19(22)14(2)23-13-18(21)16-9-5-4-6-10-16/h4-12,14,18,21H,3,13H2,1-2H3,(H,20,22). The van der Waals surface area contributed by atoms with Gasteiger partial charge in [-0.3, -0.25) is 4.79 Å². The summed E-state index contributed by atoms with van der Waals surface area (Å²) < 4.78 is 0. The van der Waals surface area contributed by atoms with E-state index in [0.717, 1.165) is 17.7 Å². The highest BCUT2D eigenvalue weighted by Gasteiger charge is 2.16. The first-order chi connectivity index (χ1) is 11.1. The van der Waals surface area contributed by atoms with Crippen LogP contribution in [0.5, 0.6) is 0 Å². The highest BCUT2D eigenvalue weighted by atomic mass is 32.2. The van der Waals surface area contributed by atoms with Crippen molar-refractivity contribution in [3.05, 3.63) is 65.7 Å². The third kappa shape index (κ3) is 5.41. The number of aliphatic hydroxyl groups excluding tert-OH is 1. The number of carbonyl (C=O) groups is 1. The van der Waals surface area contributed by atoms with Gasteiger partial charge in [-0.2, -0.15) is 0 Å². The number of hydrogen-bond acceptors (Lipinski definition) is 3. The van der Waals surface area contributed by atoms with Crippen molar-refractivity contribution in [3.8, 4) is 0 Å². The van der Waals surface area contributed by atoms with Gasteiger partial charge in [0, 0.05) is 11.4 Å². The summed E-state index contributed by atoms with van der Waals surface area (Å²) in [6.45, 7) is 3.95. The molecule has 0 spiro atoms. The zero-order valence-electron chi connectivity index (χ0n) is 13.5. The van der Waals surface area contributed by atoms with Crippen LogP contribution in [0.1, 0.15) is 31.1 Å². The summed E-state index contributed by atoms with van der Waals surface area (Å²) in [6.07, 6.45) is 0.386. The van der Waals surface area contributed by atoms with E-state index in [9.17, 15) is 9.90 Å². The van der Waals surface area contributed by atoms with E-state index in [1.807, 2.05) is 61.5 Å². The van der Waals surface area contributed by atoms with Gasteiger partial charge in [0.25, 0.3) is 0 Å². The lowest BCUT2D eigenvalue weighted by Crippen LogP contribution is -2.23. The minimum absolute atomic E-state index is 0.0384. The maximum Gasteiger partial charge on any atom is 0.237 e. The highest BCUT2D eigenvalue weighted by molar-refractivity contribution is 8.00. The topological polar surface area (TPSA) is 49.3 Å². The molecule has 2 aromatic rings. The maximum atomic E-state index is 12.2. The Morgan fingerprint density at radius 1 is 1.17 bits per heavy atom. The Kier molecular flexibility index (Phi) is 6.68. The Hall–Kier alpha value is -1.78. The molecule has 0 fully saturated rings. The summed E-state index contributed by atoms with van der Waals surface area (Å²) in [6, 6.07) is 17.4. The minimum Gasteiger partial charge on any atom is -0.388 e. The Bertz CT molecular complexity index is 630. The van der Waals surface area contributed by atoms with Crippen LogP contribution in [0.2, 0.25) is 0 Å². The van der Waals surface area contributed by atoms with E-state index in [-0.39, 0.29) is 11.2 Å². The molecule has 2 unspecified atom stereocenters. The molecule has 4 heteroatoms. The molecular formula is C19H23NO2S.